The van der Waals surface area contributed by atoms with Crippen molar-refractivity contribution in [1.29, 1.82) is 0 Å². The first kappa shape index (κ1) is 11.2. The lowest BCUT2D eigenvalue weighted by atomic mass is 9.86. The third kappa shape index (κ3) is 1.98. The maximum absolute atomic E-state index is 6.14. The summed E-state index contributed by atoms with van der Waals surface area (Å²) in [5.41, 5.74) is 8.05. The number of imidazole rings is 1. The van der Waals surface area contributed by atoms with Crippen LogP contribution in [0.15, 0.2) is 6.33 Å². The van der Waals surface area contributed by atoms with Gasteiger partial charge in [0, 0.05) is 12.5 Å². The molecule has 0 spiro atoms. The molecule has 0 aliphatic carbocycles. The Labute approximate surface area is 86.3 Å². The molecule has 3 heteroatoms. The Morgan fingerprint density at radius 3 is 2.00 bits per heavy atom. The minimum absolute atomic E-state index is 0.0488. The molecule has 0 aliphatic rings. The fraction of sp³-hybridized carbons (Fsp3) is 0.727. The van der Waals surface area contributed by atoms with E-state index in [4.69, 9.17) is 5.73 Å². The van der Waals surface area contributed by atoms with Crippen molar-refractivity contribution in [2.75, 3.05) is 0 Å². The van der Waals surface area contributed by atoms with E-state index in [0.29, 0.717) is 0 Å². The maximum atomic E-state index is 6.14. The minimum Gasteiger partial charge on any atom is -0.336 e. The van der Waals surface area contributed by atoms with Crippen LogP contribution in [0.2, 0.25) is 0 Å². The predicted molar refractivity (Wildman–Crippen MR) is 59.1 cm³/mol. The van der Waals surface area contributed by atoms with Crippen LogP contribution in [-0.4, -0.2) is 9.55 Å². The topological polar surface area (TPSA) is 43.8 Å². The fourth-order valence-corrected chi connectivity index (χ4v) is 1.74. The Morgan fingerprint density at radius 2 is 1.71 bits per heavy atom. The van der Waals surface area contributed by atoms with Gasteiger partial charge in [-0.2, -0.15) is 0 Å². The van der Waals surface area contributed by atoms with Crippen LogP contribution in [0.4, 0.5) is 0 Å². The minimum atomic E-state index is -0.339. The standard InChI is InChI=1S/C11H21N3/c1-10(2,3)8-9(11(4,5)12)14(6)7-13-8/h7H,12H2,1-6H3. The summed E-state index contributed by atoms with van der Waals surface area (Å²) < 4.78 is 2.01. The first-order valence-electron chi connectivity index (χ1n) is 4.95. The Balaban J connectivity index is 3.35. The molecule has 80 valence electrons. The number of aryl methyl sites for hydroxylation is 1. The summed E-state index contributed by atoms with van der Waals surface area (Å²) >= 11 is 0. The summed E-state index contributed by atoms with van der Waals surface area (Å²) in [5, 5.41) is 0. The molecular formula is C11H21N3. The van der Waals surface area contributed by atoms with Crippen LogP contribution in [0.1, 0.15) is 46.0 Å². The lowest BCUT2D eigenvalue weighted by Crippen LogP contribution is -2.34. The van der Waals surface area contributed by atoms with Crippen molar-refractivity contribution < 1.29 is 0 Å². The number of hydrogen-bond acceptors (Lipinski definition) is 2. The third-order valence-corrected chi connectivity index (χ3v) is 2.26. The van der Waals surface area contributed by atoms with Gasteiger partial charge in [-0.25, -0.2) is 4.98 Å². The summed E-state index contributed by atoms with van der Waals surface area (Å²) in [4.78, 5) is 4.44. The van der Waals surface area contributed by atoms with Gasteiger partial charge in [-0.3, -0.25) is 0 Å². The van der Waals surface area contributed by atoms with E-state index < -0.39 is 0 Å². The van der Waals surface area contributed by atoms with Crippen LogP contribution in [0, 0.1) is 0 Å². The van der Waals surface area contributed by atoms with E-state index >= 15 is 0 Å². The molecule has 1 aromatic rings. The predicted octanol–water partition coefficient (Wildman–Crippen LogP) is 1.91. The van der Waals surface area contributed by atoms with E-state index in [-0.39, 0.29) is 11.0 Å². The molecule has 14 heavy (non-hydrogen) atoms. The molecule has 0 radical (unpaired) electrons. The van der Waals surface area contributed by atoms with Crippen molar-refractivity contribution in [2.24, 2.45) is 12.8 Å². The average Bonchev–Trinajstić information content (AvgIpc) is 2.27. The molecule has 0 amide bonds. The van der Waals surface area contributed by atoms with Gasteiger partial charge in [0.05, 0.1) is 23.3 Å². The van der Waals surface area contributed by atoms with E-state index in [1.165, 1.54) is 0 Å². The zero-order valence-electron chi connectivity index (χ0n) is 10.0. The lowest BCUT2D eigenvalue weighted by molar-refractivity contribution is 0.477. The highest BCUT2D eigenvalue weighted by Gasteiger charge is 2.29. The zero-order chi connectivity index (χ0) is 11.1. The van der Waals surface area contributed by atoms with Gasteiger partial charge in [0.1, 0.15) is 0 Å². The van der Waals surface area contributed by atoms with E-state index in [2.05, 4.69) is 25.8 Å². The molecule has 3 nitrogen and oxygen atoms in total. The Bertz CT molecular complexity index is 323. The fourth-order valence-electron chi connectivity index (χ4n) is 1.74. The summed E-state index contributed by atoms with van der Waals surface area (Å²) in [6.45, 7) is 10.5. The molecule has 0 aromatic carbocycles. The number of rotatable bonds is 1. The van der Waals surface area contributed by atoms with E-state index in [9.17, 15) is 0 Å². The highest BCUT2D eigenvalue weighted by molar-refractivity contribution is 5.26. The normalized spacial score (nSPS) is 13.4. The van der Waals surface area contributed by atoms with Gasteiger partial charge in [-0.05, 0) is 13.8 Å². The van der Waals surface area contributed by atoms with Crippen LogP contribution < -0.4 is 5.73 Å². The first-order valence-corrected chi connectivity index (χ1v) is 4.95. The second-order valence-corrected chi connectivity index (χ2v) is 5.52. The van der Waals surface area contributed by atoms with Crippen LogP contribution >= 0.6 is 0 Å². The maximum Gasteiger partial charge on any atom is 0.0949 e. The lowest BCUT2D eigenvalue weighted by Gasteiger charge is -2.26. The largest absolute Gasteiger partial charge is 0.336 e. The number of nitrogens with two attached hydrogens (primary N) is 1. The second-order valence-electron chi connectivity index (χ2n) is 5.52. The number of aromatic nitrogens is 2. The van der Waals surface area contributed by atoms with E-state index in [1.54, 1.807) is 0 Å². The molecule has 0 aliphatic heterocycles. The molecule has 0 saturated heterocycles. The molecule has 0 saturated carbocycles. The molecule has 1 rings (SSSR count). The second kappa shape index (κ2) is 3.09. The smallest absolute Gasteiger partial charge is 0.0949 e. The summed E-state index contributed by atoms with van der Waals surface area (Å²) in [5.74, 6) is 0. The van der Waals surface area contributed by atoms with Gasteiger partial charge >= 0.3 is 0 Å². The molecule has 0 atom stereocenters. The number of hydrogen-bond donors (Lipinski definition) is 1. The molecule has 1 aromatic heterocycles. The Hall–Kier alpha value is -0.830. The van der Waals surface area contributed by atoms with Crippen molar-refractivity contribution in [1.82, 2.24) is 9.55 Å². The molecule has 2 N–H and O–H groups in total. The van der Waals surface area contributed by atoms with Crippen LogP contribution in [0.3, 0.4) is 0 Å². The number of nitrogens with zero attached hydrogens (tertiary/aromatic N) is 2. The monoisotopic (exact) mass is 195 g/mol. The van der Waals surface area contributed by atoms with Gasteiger partial charge in [-0.15, -0.1) is 0 Å². The van der Waals surface area contributed by atoms with E-state index in [1.807, 2.05) is 31.8 Å². The van der Waals surface area contributed by atoms with Gasteiger partial charge < -0.3 is 10.3 Å². The van der Waals surface area contributed by atoms with Crippen molar-refractivity contribution in [2.45, 2.75) is 45.6 Å². The quantitative estimate of drug-likeness (QED) is 0.744. The van der Waals surface area contributed by atoms with Gasteiger partial charge in [-0.1, -0.05) is 20.8 Å². The highest BCUT2D eigenvalue weighted by Crippen LogP contribution is 2.29. The van der Waals surface area contributed by atoms with Gasteiger partial charge in [0.15, 0.2) is 0 Å². The molecule has 0 bridgehead atoms. The van der Waals surface area contributed by atoms with E-state index in [0.717, 1.165) is 11.4 Å². The average molecular weight is 195 g/mol. The molecular weight excluding hydrogens is 174 g/mol. The van der Waals surface area contributed by atoms with Crippen LogP contribution in [0.25, 0.3) is 0 Å². The Morgan fingerprint density at radius 1 is 1.21 bits per heavy atom. The summed E-state index contributed by atoms with van der Waals surface area (Å²) in [7, 11) is 1.99. The highest BCUT2D eigenvalue weighted by atomic mass is 15.1. The SMILES string of the molecule is Cn1cnc(C(C)(C)C)c1C(C)(C)N. The first-order chi connectivity index (χ1) is 6.14. The van der Waals surface area contributed by atoms with Gasteiger partial charge in [0.2, 0.25) is 0 Å². The van der Waals surface area contributed by atoms with Crippen molar-refractivity contribution in [3.05, 3.63) is 17.7 Å². The Kier molecular flexibility index (Phi) is 2.48. The van der Waals surface area contributed by atoms with Gasteiger partial charge in [0.25, 0.3) is 0 Å². The van der Waals surface area contributed by atoms with Crippen molar-refractivity contribution >= 4 is 0 Å². The summed E-state index contributed by atoms with van der Waals surface area (Å²) in [6.07, 6.45) is 1.84. The molecule has 0 fully saturated rings. The van der Waals surface area contributed by atoms with Crippen molar-refractivity contribution in [3.8, 4) is 0 Å². The molecule has 1 heterocycles. The third-order valence-electron chi connectivity index (χ3n) is 2.26. The molecule has 0 unspecified atom stereocenters. The van der Waals surface area contributed by atoms with Crippen molar-refractivity contribution in [3.63, 3.8) is 0 Å². The zero-order valence-corrected chi connectivity index (χ0v) is 10.0. The summed E-state index contributed by atoms with van der Waals surface area (Å²) in [6, 6.07) is 0. The van der Waals surface area contributed by atoms with Crippen LogP contribution in [-0.2, 0) is 18.0 Å². The van der Waals surface area contributed by atoms with Crippen LogP contribution in [0.5, 0.6) is 0 Å².